The van der Waals surface area contributed by atoms with Gasteiger partial charge in [-0.2, -0.15) is 0 Å². The maximum atomic E-state index is 8.68. The molecule has 2 N–H and O–H groups in total. The molecule has 0 aliphatic carbocycles. The summed E-state index contributed by atoms with van der Waals surface area (Å²) in [5, 5.41) is 17.2. The lowest BCUT2D eigenvalue weighted by Crippen LogP contribution is -2.31. The Morgan fingerprint density at radius 2 is 2.18 bits per heavy atom. The molecule has 1 aromatic heterocycles. The molecule has 4 nitrogen and oxygen atoms in total. The summed E-state index contributed by atoms with van der Waals surface area (Å²) in [6.45, 7) is 1.01. The number of hydrogen-bond donors (Lipinski definition) is 2. The van der Waals surface area contributed by atoms with Crippen LogP contribution in [0.15, 0.2) is 18.7 Å². The summed E-state index contributed by atoms with van der Waals surface area (Å²) in [4.78, 5) is 0. The first-order valence-corrected chi connectivity index (χ1v) is 3.63. The summed E-state index contributed by atoms with van der Waals surface area (Å²) < 4.78 is 3.59. The molecule has 0 unspecified atom stereocenters. The van der Waals surface area contributed by atoms with Crippen molar-refractivity contribution in [2.24, 2.45) is 0 Å². The van der Waals surface area contributed by atoms with Gasteiger partial charge in [-0.05, 0) is 0 Å². The zero-order valence-electron chi connectivity index (χ0n) is 6.35. The van der Waals surface area contributed by atoms with Crippen molar-refractivity contribution in [2.45, 2.75) is 19.7 Å². The Hall–Kier alpha value is -0.870. The van der Waals surface area contributed by atoms with Gasteiger partial charge in [0, 0.05) is 13.0 Å². The first kappa shape index (κ1) is 8.23. The first-order chi connectivity index (χ1) is 5.36. The standard InChI is InChI=1S/C7H13N2O2/c10-5-1-2-8-3-4-9(6-8)7-11/h3-4,6,10-11H,1-2,5,7H2/q+1. The molecule has 0 saturated heterocycles. The van der Waals surface area contributed by atoms with Gasteiger partial charge in [-0.1, -0.05) is 0 Å². The molecule has 0 aromatic carbocycles. The van der Waals surface area contributed by atoms with Crippen LogP contribution in [0.1, 0.15) is 6.42 Å². The monoisotopic (exact) mass is 157 g/mol. The Kier molecular flexibility index (Phi) is 3.07. The molecule has 62 valence electrons. The van der Waals surface area contributed by atoms with Crippen LogP contribution in [-0.2, 0) is 13.3 Å². The second kappa shape index (κ2) is 4.10. The zero-order valence-corrected chi connectivity index (χ0v) is 6.35. The van der Waals surface area contributed by atoms with Crippen molar-refractivity contribution in [3.63, 3.8) is 0 Å². The molecule has 0 aliphatic heterocycles. The van der Waals surface area contributed by atoms with Crippen LogP contribution >= 0.6 is 0 Å². The molecule has 0 aliphatic rings. The molecule has 0 spiro atoms. The second-order valence-electron chi connectivity index (χ2n) is 2.38. The van der Waals surface area contributed by atoms with Crippen LogP contribution in [0.5, 0.6) is 0 Å². The molecule has 1 heterocycles. The number of aromatic nitrogens is 2. The van der Waals surface area contributed by atoms with Gasteiger partial charge in [0.15, 0.2) is 6.73 Å². The highest BCUT2D eigenvalue weighted by molar-refractivity contribution is 4.63. The number of imidazole rings is 1. The molecule has 0 atom stereocenters. The molecule has 0 amide bonds. The van der Waals surface area contributed by atoms with E-state index in [1.165, 1.54) is 0 Å². The Labute approximate surface area is 65.3 Å². The van der Waals surface area contributed by atoms with Crippen LogP contribution in [0.3, 0.4) is 0 Å². The van der Waals surface area contributed by atoms with E-state index in [0.717, 1.165) is 13.0 Å². The maximum Gasteiger partial charge on any atom is 0.245 e. The third-order valence-corrected chi connectivity index (χ3v) is 1.48. The lowest BCUT2D eigenvalue weighted by Gasteiger charge is -1.91. The third-order valence-electron chi connectivity index (χ3n) is 1.48. The third kappa shape index (κ3) is 2.32. The molecular formula is C7H13N2O2+. The fourth-order valence-corrected chi connectivity index (χ4v) is 0.908. The summed E-state index contributed by atoms with van der Waals surface area (Å²) in [7, 11) is 0. The molecule has 0 bridgehead atoms. The van der Waals surface area contributed by atoms with E-state index in [4.69, 9.17) is 10.2 Å². The van der Waals surface area contributed by atoms with Crippen molar-refractivity contribution < 1.29 is 14.8 Å². The van der Waals surface area contributed by atoms with Crippen molar-refractivity contribution in [3.05, 3.63) is 18.7 Å². The van der Waals surface area contributed by atoms with E-state index in [2.05, 4.69) is 0 Å². The average Bonchev–Trinajstić information content (AvgIpc) is 2.48. The van der Waals surface area contributed by atoms with Crippen LogP contribution in [-0.4, -0.2) is 21.4 Å². The minimum atomic E-state index is 0.00608. The number of rotatable bonds is 4. The minimum absolute atomic E-state index is 0.00608. The Morgan fingerprint density at radius 1 is 1.36 bits per heavy atom. The van der Waals surface area contributed by atoms with Crippen molar-refractivity contribution in [3.8, 4) is 0 Å². The Balaban J connectivity index is 2.44. The predicted octanol–water partition coefficient (Wildman–Crippen LogP) is -0.892. The molecule has 4 heteroatoms. The molecule has 0 radical (unpaired) electrons. The number of aliphatic hydroxyl groups is 2. The quantitative estimate of drug-likeness (QED) is 0.557. The first-order valence-electron chi connectivity index (χ1n) is 3.63. The summed E-state index contributed by atoms with van der Waals surface area (Å²) in [6.07, 6.45) is 6.21. The van der Waals surface area contributed by atoms with Crippen molar-refractivity contribution >= 4 is 0 Å². The Bertz CT molecular complexity index is 210. The van der Waals surface area contributed by atoms with Gasteiger partial charge in [-0.3, -0.25) is 0 Å². The molecule has 0 fully saturated rings. The van der Waals surface area contributed by atoms with Crippen LogP contribution in [0.4, 0.5) is 0 Å². The molecule has 0 saturated carbocycles. The number of aryl methyl sites for hydroxylation is 1. The topological polar surface area (TPSA) is 49.3 Å². The normalized spacial score (nSPS) is 10.4. The average molecular weight is 157 g/mol. The van der Waals surface area contributed by atoms with Gasteiger partial charge in [0.2, 0.25) is 6.33 Å². The van der Waals surface area contributed by atoms with Crippen LogP contribution < -0.4 is 4.57 Å². The van der Waals surface area contributed by atoms with Crippen molar-refractivity contribution in [2.75, 3.05) is 6.61 Å². The largest absolute Gasteiger partial charge is 0.396 e. The van der Waals surface area contributed by atoms with E-state index in [1.807, 2.05) is 10.8 Å². The number of nitrogens with zero attached hydrogens (tertiary/aromatic N) is 2. The molecular weight excluding hydrogens is 144 g/mol. The van der Waals surface area contributed by atoms with Gasteiger partial charge in [0.25, 0.3) is 0 Å². The van der Waals surface area contributed by atoms with E-state index in [1.54, 1.807) is 17.1 Å². The van der Waals surface area contributed by atoms with E-state index >= 15 is 0 Å². The number of aliphatic hydroxyl groups excluding tert-OH is 2. The van der Waals surface area contributed by atoms with Crippen molar-refractivity contribution in [1.82, 2.24) is 4.57 Å². The van der Waals surface area contributed by atoms with Gasteiger partial charge >= 0.3 is 0 Å². The minimum Gasteiger partial charge on any atom is -0.396 e. The SMILES string of the molecule is OCCC[n+]1ccn(CO)c1. The maximum absolute atomic E-state index is 8.68. The highest BCUT2D eigenvalue weighted by Gasteiger charge is 1.99. The fourth-order valence-electron chi connectivity index (χ4n) is 0.908. The van der Waals surface area contributed by atoms with Crippen LogP contribution in [0.25, 0.3) is 0 Å². The summed E-state index contributed by atoms with van der Waals surface area (Å²) in [5.74, 6) is 0. The van der Waals surface area contributed by atoms with Gasteiger partial charge in [-0.25, -0.2) is 9.13 Å². The van der Waals surface area contributed by atoms with Crippen LogP contribution in [0, 0.1) is 0 Å². The lowest BCUT2D eigenvalue weighted by molar-refractivity contribution is -0.697. The van der Waals surface area contributed by atoms with E-state index in [-0.39, 0.29) is 13.3 Å². The van der Waals surface area contributed by atoms with E-state index in [0.29, 0.717) is 0 Å². The van der Waals surface area contributed by atoms with E-state index < -0.39 is 0 Å². The smallest absolute Gasteiger partial charge is 0.245 e. The van der Waals surface area contributed by atoms with Crippen molar-refractivity contribution in [1.29, 1.82) is 0 Å². The Morgan fingerprint density at radius 3 is 2.73 bits per heavy atom. The van der Waals surface area contributed by atoms with Crippen LogP contribution in [0.2, 0.25) is 0 Å². The van der Waals surface area contributed by atoms with Gasteiger partial charge < -0.3 is 10.2 Å². The highest BCUT2D eigenvalue weighted by Crippen LogP contribution is 1.82. The summed E-state index contributed by atoms with van der Waals surface area (Å²) >= 11 is 0. The van der Waals surface area contributed by atoms with Gasteiger partial charge in [0.05, 0.1) is 6.54 Å². The highest BCUT2D eigenvalue weighted by atomic mass is 16.3. The summed E-state index contributed by atoms with van der Waals surface area (Å²) in [6, 6.07) is 0. The molecule has 1 rings (SSSR count). The lowest BCUT2D eigenvalue weighted by atomic mass is 10.4. The number of hydrogen-bond acceptors (Lipinski definition) is 2. The predicted molar refractivity (Wildman–Crippen MR) is 38.5 cm³/mol. The van der Waals surface area contributed by atoms with Gasteiger partial charge in [0.1, 0.15) is 12.4 Å². The summed E-state index contributed by atoms with van der Waals surface area (Å²) in [5.41, 5.74) is 0. The second-order valence-corrected chi connectivity index (χ2v) is 2.38. The molecule has 1 aromatic rings. The molecule has 11 heavy (non-hydrogen) atoms. The van der Waals surface area contributed by atoms with Gasteiger partial charge in [-0.15, -0.1) is 0 Å². The van der Waals surface area contributed by atoms with E-state index in [9.17, 15) is 0 Å². The fraction of sp³-hybridized carbons (Fsp3) is 0.571. The zero-order chi connectivity index (χ0) is 8.10.